The van der Waals surface area contributed by atoms with Crippen molar-refractivity contribution in [2.45, 2.75) is 44.9 Å². The molecule has 0 saturated heterocycles. The van der Waals surface area contributed by atoms with Crippen LogP contribution in [0.5, 0.6) is 5.75 Å². The van der Waals surface area contributed by atoms with Gasteiger partial charge in [-0.3, -0.25) is 4.90 Å². The average molecular weight is 417 g/mol. The fraction of sp³-hybridized carbons (Fsp3) is 0.435. The van der Waals surface area contributed by atoms with E-state index in [9.17, 15) is 5.11 Å². The topological polar surface area (TPSA) is 54.3 Å². The number of methoxy groups -OCH3 is 1. The molecule has 0 spiro atoms. The number of aliphatic hydroxyl groups excluding tert-OH is 1. The number of rotatable bonds is 10. The Labute approximate surface area is 177 Å². The fourth-order valence-corrected chi connectivity index (χ4v) is 3.71. The third kappa shape index (κ3) is 6.46. The van der Waals surface area contributed by atoms with Crippen molar-refractivity contribution in [3.63, 3.8) is 0 Å². The minimum Gasteiger partial charge on any atom is -0.497 e. The Hall–Kier alpha value is -2.08. The van der Waals surface area contributed by atoms with Gasteiger partial charge in [0.1, 0.15) is 11.9 Å². The fourth-order valence-electron chi connectivity index (χ4n) is 3.58. The van der Waals surface area contributed by atoms with Gasteiger partial charge in [0, 0.05) is 31.1 Å². The van der Waals surface area contributed by atoms with Crippen LogP contribution in [-0.2, 0) is 11.4 Å². The Kier molecular flexibility index (Phi) is 7.92. The maximum Gasteiger partial charge on any atom is 0.145 e. The summed E-state index contributed by atoms with van der Waals surface area (Å²) in [5.74, 6) is 0.835. The molecule has 0 amide bonds. The zero-order valence-corrected chi connectivity index (χ0v) is 17.8. The Morgan fingerprint density at radius 3 is 2.79 bits per heavy atom. The second-order valence-corrected chi connectivity index (χ2v) is 7.90. The molecule has 1 N–H and O–H groups in total. The zero-order valence-electron chi connectivity index (χ0n) is 17.1. The lowest BCUT2D eigenvalue weighted by Crippen LogP contribution is -2.37. The van der Waals surface area contributed by atoms with Crippen LogP contribution < -0.4 is 4.74 Å². The molecule has 2 atom stereocenters. The number of hydrogen-bond donors (Lipinski definition) is 1. The molecule has 1 heterocycles. The quantitative estimate of drug-likeness (QED) is 0.619. The Balaban J connectivity index is 1.64. The molecular weight excluding hydrogens is 388 g/mol. The summed E-state index contributed by atoms with van der Waals surface area (Å²) < 4.78 is 5.34. The number of nitrogens with zero attached hydrogens (tertiary/aromatic N) is 2. The highest BCUT2D eigenvalue weighted by molar-refractivity contribution is 6.30. The zero-order chi connectivity index (χ0) is 20.6. The van der Waals surface area contributed by atoms with E-state index in [1.807, 2.05) is 42.5 Å². The van der Waals surface area contributed by atoms with E-state index in [1.165, 1.54) is 0 Å². The Morgan fingerprint density at radius 1 is 1.28 bits per heavy atom. The first-order chi connectivity index (χ1) is 14.1. The van der Waals surface area contributed by atoms with Crippen LogP contribution in [0.25, 0.3) is 0 Å². The van der Waals surface area contributed by atoms with E-state index in [0.717, 1.165) is 41.9 Å². The molecule has 2 unspecified atom stereocenters. The molecule has 0 fully saturated rings. The molecule has 3 rings (SSSR count). The van der Waals surface area contributed by atoms with Gasteiger partial charge in [0.2, 0.25) is 0 Å². The number of hydrogen-bond acceptors (Lipinski definition) is 5. The maximum absolute atomic E-state index is 10.4. The summed E-state index contributed by atoms with van der Waals surface area (Å²) in [6.07, 6.45) is 2.08. The summed E-state index contributed by atoms with van der Waals surface area (Å²) in [5.41, 5.74) is 3.11. The number of halogens is 1. The largest absolute Gasteiger partial charge is 0.497 e. The lowest BCUT2D eigenvalue weighted by atomic mass is 10.0. The second kappa shape index (κ2) is 10.6. The van der Waals surface area contributed by atoms with Gasteiger partial charge in [0.15, 0.2) is 0 Å². The molecule has 2 aromatic rings. The monoisotopic (exact) mass is 416 g/mol. The van der Waals surface area contributed by atoms with Crippen LogP contribution in [0.3, 0.4) is 0 Å². The molecule has 6 heteroatoms. The predicted octanol–water partition coefficient (Wildman–Crippen LogP) is 4.50. The molecule has 0 saturated carbocycles. The highest BCUT2D eigenvalue weighted by atomic mass is 35.5. The van der Waals surface area contributed by atoms with Crippen molar-refractivity contribution in [3.05, 3.63) is 64.7 Å². The first-order valence-electron chi connectivity index (χ1n) is 10.1. The van der Waals surface area contributed by atoms with Crippen LogP contribution in [0, 0.1) is 0 Å². The first-order valence-corrected chi connectivity index (χ1v) is 10.5. The molecule has 0 aliphatic carbocycles. The third-order valence-corrected chi connectivity index (χ3v) is 5.26. The van der Waals surface area contributed by atoms with Gasteiger partial charge in [-0.25, -0.2) is 0 Å². The van der Waals surface area contributed by atoms with Gasteiger partial charge in [-0.2, -0.15) is 0 Å². The predicted molar refractivity (Wildman–Crippen MR) is 117 cm³/mol. The minimum atomic E-state index is -0.358. The average Bonchev–Trinajstić information content (AvgIpc) is 3.17. The summed E-state index contributed by atoms with van der Waals surface area (Å²) in [5, 5.41) is 15.4. The number of aliphatic hydroxyl groups is 1. The summed E-state index contributed by atoms with van der Waals surface area (Å²) in [6, 6.07) is 15.7. The summed E-state index contributed by atoms with van der Waals surface area (Å²) in [7, 11) is 1.67. The molecule has 29 heavy (non-hydrogen) atoms. The van der Waals surface area contributed by atoms with Crippen LogP contribution in [0.1, 0.15) is 37.3 Å². The Morgan fingerprint density at radius 2 is 2.07 bits per heavy atom. The van der Waals surface area contributed by atoms with Crippen molar-refractivity contribution in [1.29, 1.82) is 0 Å². The van der Waals surface area contributed by atoms with Crippen molar-refractivity contribution in [1.82, 2.24) is 4.90 Å². The van der Waals surface area contributed by atoms with Crippen molar-refractivity contribution in [2.75, 3.05) is 20.2 Å². The smallest absolute Gasteiger partial charge is 0.145 e. The van der Waals surface area contributed by atoms with E-state index in [1.54, 1.807) is 7.11 Å². The summed E-state index contributed by atoms with van der Waals surface area (Å²) >= 11 is 5.98. The standard InChI is InChI=1S/C23H29ClN2O3/c1-3-5-20(27)15-26(14-17-6-4-7-21(12-17)28-2)16-22-13-23(25-29-22)18-8-10-19(24)11-9-18/h4,6-12,20,22,27H,3,5,13-16H2,1-2H3. The number of benzene rings is 2. The SMILES string of the molecule is CCCC(O)CN(Cc1cccc(OC)c1)CC1CC(c2ccc(Cl)cc2)=NO1. The van der Waals surface area contributed by atoms with Crippen molar-refractivity contribution < 1.29 is 14.7 Å². The van der Waals surface area contributed by atoms with E-state index in [4.69, 9.17) is 21.2 Å². The molecule has 1 aliphatic rings. The van der Waals surface area contributed by atoms with Gasteiger partial charge in [0.25, 0.3) is 0 Å². The third-order valence-electron chi connectivity index (χ3n) is 5.00. The number of ether oxygens (including phenoxy) is 1. The van der Waals surface area contributed by atoms with Crippen molar-refractivity contribution in [2.24, 2.45) is 5.16 Å². The summed E-state index contributed by atoms with van der Waals surface area (Å²) in [4.78, 5) is 7.95. The van der Waals surface area contributed by atoms with Gasteiger partial charge in [0.05, 0.1) is 18.9 Å². The highest BCUT2D eigenvalue weighted by Crippen LogP contribution is 2.21. The van der Waals surface area contributed by atoms with Gasteiger partial charge in [-0.1, -0.05) is 54.4 Å². The van der Waals surface area contributed by atoms with Crippen LogP contribution in [-0.4, -0.2) is 48.1 Å². The molecule has 1 aliphatic heterocycles. The van der Waals surface area contributed by atoms with Crippen molar-refractivity contribution in [3.8, 4) is 5.75 Å². The van der Waals surface area contributed by atoms with E-state index < -0.39 is 0 Å². The molecular formula is C23H29ClN2O3. The van der Waals surface area contributed by atoms with Crippen LogP contribution in [0.2, 0.25) is 5.02 Å². The van der Waals surface area contributed by atoms with Crippen molar-refractivity contribution >= 4 is 17.3 Å². The highest BCUT2D eigenvalue weighted by Gasteiger charge is 2.25. The van der Waals surface area contributed by atoms with Crippen LogP contribution >= 0.6 is 11.6 Å². The molecule has 156 valence electrons. The normalized spacial score (nSPS) is 17.1. The molecule has 0 bridgehead atoms. The lowest BCUT2D eigenvalue weighted by molar-refractivity contribution is 0.0305. The minimum absolute atomic E-state index is 0.0416. The van der Waals surface area contributed by atoms with E-state index >= 15 is 0 Å². The van der Waals surface area contributed by atoms with E-state index in [0.29, 0.717) is 24.7 Å². The molecule has 2 aromatic carbocycles. The van der Waals surface area contributed by atoms with Gasteiger partial charge in [-0.05, 0) is 41.8 Å². The van der Waals surface area contributed by atoms with E-state index in [-0.39, 0.29) is 12.2 Å². The van der Waals surface area contributed by atoms with Crippen LogP contribution in [0.4, 0.5) is 0 Å². The van der Waals surface area contributed by atoms with Gasteiger partial charge in [-0.15, -0.1) is 0 Å². The summed E-state index contributed by atoms with van der Waals surface area (Å²) in [6.45, 7) is 4.09. The van der Waals surface area contributed by atoms with Gasteiger partial charge < -0.3 is 14.7 Å². The number of oxime groups is 1. The maximum atomic E-state index is 10.4. The van der Waals surface area contributed by atoms with E-state index in [2.05, 4.69) is 23.0 Å². The van der Waals surface area contributed by atoms with Gasteiger partial charge >= 0.3 is 0 Å². The van der Waals surface area contributed by atoms with Crippen LogP contribution in [0.15, 0.2) is 53.7 Å². The molecule has 0 aromatic heterocycles. The first kappa shape index (κ1) is 21.6. The lowest BCUT2D eigenvalue weighted by Gasteiger charge is -2.27. The molecule has 5 nitrogen and oxygen atoms in total. The molecule has 0 radical (unpaired) electrons. The second-order valence-electron chi connectivity index (χ2n) is 7.46. The Bertz CT molecular complexity index is 810.